The fourth-order valence-corrected chi connectivity index (χ4v) is 2.12. The standard InChI is InChI=1S/C11H24N2O/c1-3-11(2,8-12)9-13-6-4-5-10(13)7-14/h10,14H,3-9,12H2,1-2H3. The van der Waals surface area contributed by atoms with Crippen molar-refractivity contribution >= 4 is 0 Å². The zero-order valence-corrected chi connectivity index (χ0v) is 9.50. The molecule has 14 heavy (non-hydrogen) atoms. The van der Waals surface area contributed by atoms with Crippen LogP contribution in [0.2, 0.25) is 0 Å². The molecule has 2 atom stereocenters. The van der Waals surface area contributed by atoms with Gasteiger partial charge in [0.1, 0.15) is 0 Å². The van der Waals surface area contributed by atoms with E-state index in [2.05, 4.69) is 18.7 Å². The second-order valence-electron chi connectivity index (χ2n) is 4.82. The van der Waals surface area contributed by atoms with Gasteiger partial charge in [0.05, 0.1) is 6.61 Å². The van der Waals surface area contributed by atoms with E-state index in [0.29, 0.717) is 12.6 Å². The quantitative estimate of drug-likeness (QED) is 0.691. The van der Waals surface area contributed by atoms with Gasteiger partial charge in [-0.05, 0) is 37.8 Å². The molecule has 3 nitrogen and oxygen atoms in total. The Morgan fingerprint density at radius 1 is 1.57 bits per heavy atom. The highest BCUT2D eigenvalue weighted by molar-refractivity contribution is 4.85. The molecule has 0 spiro atoms. The number of likely N-dealkylation sites (tertiary alicyclic amines) is 1. The Hall–Kier alpha value is -0.120. The summed E-state index contributed by atoms with van der Waals surface area (Å²) in [4.78, 5) is 2.40. The lowest BCUT2D eigenvalue weighted by Gasteiger charge is -2.34. The SMILES string of the molecule is CCC(C)(CN)CN1CCCC1CO. The van der Waals surface area contributed by atoms with Crippen LogP contribution in [-0.2, 0) is 0 Å². The van der Waals surface area contributed by atoms with Crippen molar-refractivity contribution in [2.24, 2.45) is 11.1 Å². The number of hydrogen-bond donors (Lipinski definition) is 2. The second-order valence-corrected chi connectivity index (χ2v) is 4.82. The molecular formula is C11H24N2O. The van der Waals surface area contributed by atoms with Gasteiger partial charge in [0, 0.05) is 12.6 Å². The van der Waals surface area contributed by atoms with E-state index >= 15 is 0 Å². The molecule has 1 aliphatic heterocycles. The summed E-state index contributed by atoms with van der Waals surface area (Å²) in [6.07, 6.45) is 3.47. The van der Waals surface area contributed by atoms with Crippen LogP contribution >= 0.6 is 0 Å². The monoisotopic (exact) mass is 200 g/mol. The Labute approximate surface area is 87.3 Å². The molecule has 0 aromatic rings. The van der Waals surface area contributed by atoms with Gasteiger partial charge in [0.25, 0.3) is 0 Å². The Balaban J connectivity index is 2.49. The highest BCUT2D eigenvalue weighted by Gasteiger charge is 2.30. The van der Waals surface area contributed by atoms with Crippen LogP contribution in [0.1, 0.15) is 33.1 Å². The van der Waals surface area contributed by atoms with Crippen LogP contribution in [0.3, 0.4) is 0 Å². The van der Waals surface area contributed by atoms with Gasteiger partial charge in [0.2, 0.25) is 0 Å². The van der Waals surface area contributed by atoms with Crippen molar-refractivity contribution in [2.75, 3.05) is 26.2 Å². The van der Waals surface area contributed by atoms with E-state index in [1.54, 1.807) is 0 Å². The third-order valence-electron chi connectivity index (χ3n) is 3.64. The number of nitrogens with two attached hydrogens (primary N) is 1. The lowest BCUT2D eigenvalue weighted by molar-refractivity contribution is 0.111. The predicted molar refractivity (Wildman–Crippen MR) is 59.1 cm³/mol. The van der Waals surface area contributed by atoms with Gasteiger partial charge in [-0.1, -0.05) is 13.8 Å². The maximum atomic E-state index is 9.21. The third kappa shape index (κ3) is 2.69. The second kappa shape index (κ2) is 5.10. The number of hydrogen-bond acceptors (Lipinski definition) is 3. The summed E-state index contributed by atoms with van der Waals surface area (Å²) in [5, 5.41) is 9.21. The van der Waals surface area contributed by atoms with Gasteiger partial charge in [-0.15, -0.1) is 0 Å². The van der Waals surface area contributed by atoms with Crippen LogP contribution in [0.25, 0.3) is 0 Å². The molecule has 2 unspecified atom stereocenters. The topological polar surface area (TPSA) is 49.5 Å². The Kier molecular flexibility index (Phi) is 4.35. The fraction of sp³-hybridized carbons (Fsp3) is 1.00. The first-order valence-electron chi connectivity index (χ1n) is 5.70. The van der Waals surface area contributed by atoms with Crippen LogP contribution in [0, 0.1) is 5.41 Å². The molecule has 1 fully saturated rings. The van der Waals surface area contributed by atoms with E-state index in [1.165, 1.54) is 6.42 Å². The summed E-state index contributed by atoms with van der Waals surface area (Å²) in [6.45, 7) is 7.62. The van der Waals surface area contributed by atoms with E-state index in [9.17, 15) is 5.11 Å². The minimum Gasteiger partial charge on any atom is -0.395 e. The maximum Gasteiger partial charge on any atom is 0.0586 e. The number of rotatable bonds is 5. The van der Waals surface area contributed by atoms with Crippen molar-refractivity contribution in [1.82, 2.24) is 4.90 Å². The van der Waals surface area contributed by atoms with Crippen LogP contribution in [0.4, 0.5) is 0 Å². The van der Waals surface area contributed by atoms with Gasteiger partial charge in [-0.2, -0.15) is 0 Å². The van der Waals surface area contributed by atoms with Gasteiger partial charge < -0.3 is 10.8 Å². The third-order valence-corrected chi connectivity index (χ3v) is 3.64. The summed E-state index contributed by atoms with van der Waals surface area (Å²) < 4.78 is 0. The van der Waals surface area contributed by atoms with E-state index < -0.39 is 0 Å². The molecule has 0 aliphatic carbocycles. The van der Waals surface area contributed by atoms with E-state index in [1.807, 2.05) is 0 Å². The van der Waals surface area contributed by atoms with E-state index in [4.69, 9.17) is 5.73 Å². The molecule has 84 valence electrons. The molecule has 0 saturated carbocycles. The molecule has 0 aromatic carbocycles. The summed E-state index contributed by atoms with van der Waals surface area (Å²) >= 11 is 0. The highest BCUT2D eigenvalue weighted by Crippen LogP contribution is 2.26. The smallest absolute Gasteiger partial charge is 0.0586 e. The van der Waals surface area contributed by atoms with Crippen molar-refractivity contribution in [3.05, 3.63) is 0 Å². The summed E-state index contributed by atoms with van der Waals surface area (Å²) in [5.41, 5.74) is 6.01. The minimum atomic E-state index is 0.220. The summed E-state index contributed by atoms with van der Waals surface area (Å²) in [6, 6.07) is 0.382. The predicted octanol–water partition coefficient (Wildman–Crippen LogP) is 0.818. The average Bonchev–Trinajstić information content (AvgIpc) is 2.65. The highest BCUT2D eigenvalue weighted by atomic mass is 16.3. The number of aliphatic hydroxyl groups excluding tert-OH is 1. The first kappa shape index (κ1) is 12.0. The molecule has 1 heterocycles. The summed E-state index contributed by atoms with van der Waals surface area (Å²) in [5.74, 6) is 0. The lowest BCUT2D eigenvalue weighted by atomic mass is 9.87. The molecular weight excluding hydrogens is 176 g/mol. The van der Waals surface area contributed by atoms with Crippen molar-refractivity contribution in [3.8, 4) is 0 Å². The minimum absolute atomic E-state index is 0.220. The molecule has 3 heteroatoms. The maximum absolute atomic E-state index is 9.21. The molecule has 1 aliphatic rings. The largest absolute Gasteiger partial charge is 0.395 e. The average molecular weight is 200 g/mol. The van der Waals surface area contributed by atoms with Gasteiger partial charge in [-0.25, -0.2) is 0 Å². The first-order valence-corrected chi connectivity index (χ1v) is 5.70. The van der Waals surface area contributed by atoms with Crippen molar-refractivity contribution in [1.29, 1.82) is 0 Å². The molecule has 3 N–H and O–H groups in total. The van der Waals surface area contributed by atoms with E-state index in [0.717, 1.165) is 32.5 Å². The number of aliphatic hydroxyl groups is 1. The molecule has 1 saturated heterocycles. The summed E-state index contributed by atoms with van der Waals surface area (Å²) in [7, 11) is 0. The van der Waals surface area contributed by atoms with Crippen LogP contribution in [-0.4, -0.2) is 42.3 Å². The van der Waals surface area contributed by atoms with Crippen LogP contribution in [0.5, 0.6) is 0 Å². The van der Waals surface area contributed by atoms with E-state index in [-0.39, 0.29) is 5.41 Å². The Morgan fingerprint density at radius 2 is 2.29 bits per heavy atom. The molecule has 0 aromatic heterocycles. The Morgan fingerprint density at radius 3 is 2.79 bits per heavy atom. The normalized spacial score (nSPS) is 27.9. The van der Waals surface area contributed by atoms with Crippen LogP contribution < -0.4 is 5.73 Å². The van der Waals surface area contributed by atoms with Crippen molar-refractivity contribution < 1.29 is 5.11 Å². The van der Waals surface area contributed by atoms with Crippen molar-refractivity contribution in [2.45, 2.75) is 39.2 Å². The van der Waals surface area contributed by atoms with Gasteiger partial charge in [0.15, 0.2) is 0 Å². The van der Waals surface area contributed by atoms with Gasteiger partial charge in [-0.3, -0.25) is 4.90 Å². The zero-order chi connectivity index (χ0) is 10.6. The Bertz CT molecular complexity index is 169. The van der Waals surface area contributed by atoms with Gasteiger partial charge >= 0.3 is 0 Å². The molecule has 0 bridgehead atoms. The fourth-order valence-electron chi connectivity index (χ4n) is 2.12. The van der Waals surface area contributed by atoms with Crippen molar-refractivity contribution in [3.63, 3.8) is 0 Å². The first-order chi connectivity index (χ1) is 6.65. The molecule has 0 amide bonds. The molecule has 1 rings (SSSR count). The lowest BCUT2D eigenvalue weighted by Crippen LogP contribution is -2.43. The molecule has 0 radical (unpaired) electrons. The number of nitrogens with zero attached hydrogens (tertiary/aromatic N) is 1. The zero-order valence-electron chi connectivity index (χ0n) is 9.50. The van der Waals surface area contributed by atoms with Crippen LogP contribution in [0.15, 0.2) is 0 Å².